The van der Waals surface area contributed by atoms with Crippen molar-refractivity contribution in [3.8, 4) is 18.1 Å². The van der Waals surface area contributed by atoms with Gasteiger partial charge in [0.05, 0.1) is 0 Å². The van der Waals surface area contributed by atoms with Crippen LogP contribution >= 0.6 is 11.6 Å². The Hall–Kier alpha value is -1.13. The van der Waals surface area contributed by atoms with Gasteiger partial charge in [-0.15, -0.1) is 6.42 Å². The molecule has 0 unspecified atom stereocenters. The molecular formula is C9H7ClO. The molecule has 0 spiro atoms. The second-order valence-corrected chi connectivity index (χ2v) is 2.39. The lowest BCUT2D eigenvalue weighted by Gasteiger charge is -2.00. The van der Waals surface area contributed by atoms with Crippen LogP contribution in [-0.2, 0) is 0 Å². The van der Waals surface area contributed by atoms with Crippen LogP contribution in [0.15, 0.2) is 24.3 Å². The summed E-state index contributed by atoms with van der Waals surface area (Å²) in [6, 6.07) is 7.13. The summed E-state index contributed by atoms with van der Waals surface area (Å²) >= 11 is 5.69. The molecule has 1 rings (SSSR count). The number of benzene rings is 1. The zero-order valence-corrected chi connectivity index (χ0v) is 6.64. The van der Waals surface area contributed by atoms with E-state index in [0.717, 1.165) is 0 Å². The van der Waals surface area contributed by atoms with Gasteiger partial charge in [0.15, 0.2) is 0 Å². The van der Waals surface area contributed by atoms with E-state index in [1.807, 2.05) is 12.1 Å². The molecule has 0 saturated heterocycles. The fraction of sp³-hybridized carbons (Fsp3) is 0.111. The van der Waals surface area contributed by atoms with Crippen LogP contribution in [-0.4, -0.2) is 6.61 Å². The molecule has 0 saturated carbocycles. The Kier molecular flexibility index (Phi) is 2.83. The van der Waals surface area contributed by atoms with Crippen LogP contribution in [0.3, 0.4) is 0 Å². The van der Waals surface area contributed by atoms with E-state index in [-0.39, 0.29) is 6.61 Å². The molecule has 56 valence electrons. The minimum Gasteiger partial charge on any atom is -0.481 e. The van der Waals surface area contributed by atoms with Crippen LogP contribution in [0, 0.1) is 12.3 Å². The van der Waals surface area contributed by atoms with E-state index >= 15 is 0 Å². The van der Waals surface area contributed by atoms with E-state index in [1.54, 1.807) is 12.1 Å². The Morgan fingerprint density at radius 3 is 3.00 bits per heavy atom. The van der Waals surface area contributed by atoms with Gasteiger partial charge in [-0.05, 0) is 18.2 Å². The van der Waals surface area contributed by atoms with E-state index in [9.17, 15) is 0 Å². The molecule has 0 fully saturated rings. The topological polar surface area (TPSA) is 9.23 Å². The third kappa shape index (κ3) is 2.53. The van der Waals surface area contributed by atoms with Crippen molar-refractivity contribution in [2.75, 3.05) is 6.61 Å². The molecule has 0 aliphatic carbocycles. The molecule has 0 heterocycles. The predicted octanol–water partition coefficient (Wildman–Crippen LogP) is 2.35. The third-order valence-corrected chi connectivity index (χ3v) is 1.35. The second kappa shape index (κ2) is 3.90. The molecule has 0 bridgehead atoms. The van der Waals surface area contributed by atoms with Crippen molar-refractivity contribution < 1.29 is 4.74 Å². The van der Waals surface area contributed by atoms with Crippen molar-refractivity contribution in [2.24, 2.45) is 0 Å². The van der Waals surface area contributed by atoms with E-state index in [1.165, 1.54) is 0 Å². The van der Waals surface area contributed by atoms with Gasteiger partial charge in [-0.25, -0.2) is 0 Å². The summed E-state index contributed by atoms with van der Waals surface area (Å²) in [7, 11) is 0. The molecule has 0 amide bonds. The van der Waals surface area contributed by atoms with Crippen molar-refractivity contribution >= 4 is 11.6 Å². The average molecular weight is 167 g/mol. The van der Waals surface area contributed by atoms with E-state index in [4.69, 9.17) is 22.8 Å². The maximum absolute atomic E-state index is 5.69. The van der Waals surface area contributed by atoms with Crippen molar-refractivity contribution in [3.05, 3.63) is 29.3 Å². The fourth-order valence-corrected chi connectivity index (χ4v) is 0.862. The summed E-state index contributed by atoms with van der Waals surface area (Å²) in [6.07, 6.45) is 5.01. The quantitative estimate of drug-likeness (QED) is 0.613. The van der Waals surface area contributed by atoms with Crippen molar-refractivity contribution in [2.45, 2.75) is 0 Å². The lowest BCUT2D eigenvalue weighted by Crippen LogP contribution is -1.92. The monoisotopic (exact) mass is 166 g/mol. The fourth-order valence-electron chi connectivity index (χ4n) is 0.682. The molecule has 0 radical (unpaired) electrons. The molecular weight excluding hydrogens is 160 g/mol. The lowest BCUT2D eigenvalue weighted by atomic mass is 10.3. The first-order valence-corrected chi connectivity index (χ1v) is 3.52. The van der Waals surface area contributed by atoms with E-state index in [0.29, 0.717) is 10.8 Å². The lowest BCUT2D eigenvalue weighted by molar-refractivity contribution is 0.370. The van der Waals surface area contributed by atoms with Gasteiger partial charge in [0, 0.05) is 5.02 Å². The molecule has 0 aliphatic rings. The highest BCUT2D eigenvalue weighted by molar-refractivity contribution is 6.30. The van der Waals surface area contributed by atoms with Gasteiger partial charge in [-0.3, -0.25) is 0 Å². The summed E-state index contributed by atoms with van der Waals surface area (Å²) in [5.41, 5.74) is 0. The molecule has 1 aromatic carbocycles. The van der Waals surface area contributed by atoms with Gasteiger partial charge in [-0.1, -0.05) is 23.6 Å². The van der Waals surface area contributed by atoms with Crippen molar-refractivity contribution in [3.63, 3.8) is 0 Å². The number of rotatable bonds is 2. The van der Waals surface area contributed by atoms with Crippen LogP contribution in [0.4, 0.5) is 0 Å². The summed E-state index contributed by atoms with van der Waals surface area (Å²) in [5.74, 6) is 3.07. The Morgan fingerprint density at radius 2 is 2.36 bits per heavy atom. The van der Waals surface area contributed by atoms with Gasteiger partial charge < -0.3 is 4.74 Å². The highest BCUT2D eigenvalue weighted by Crippen LogP contribution is 2.16. The largest absolute Gasteiger partial charge is 0.481 e. The van der Waals surface area contributed by atoms with Crippen LogP contribution in [0.25, 0.3) is 0 Å². The Labute approximate surface area is 70.9 Å². The van der Waals surface area contributed by atoms with Crippen LogP contribution in [0.2, 0.25) is 5.02 Å². The zero-order valence-electron chi connectivity index (χ0n) is 5.88. The summed E-state index contributed by atoms with van der Waals surface area (Å²) < 4.78 is 5.12. The molecule has 0 aromatic heterocycles. The van der Waals surface area contributed by atoms with Gasteiger partial charge >= 0.3 is 0 Å². The Morgan fingerprint density at radius 1 is 1.55 bits per heavy atom. The minimum absolute atomic E-state index is 0.278. The van der Waals surface area contributed by atoms with Crippen molar-refractivity contribution in [1.29, 1.82) is 0 Å². The van der Waals surface area contributed by atoms with Crippen LogP contribution < -0.4 is 4.74 Å². The number of terminal acetylenes is 1. The smallest absolute Gasteiger partial charge is 0.148 e. The first kappa shape index (κ1) is 7.97. The number of halogens is 1. The van der Waals surface area contributed by atoms with E-state index in [2.05, 4.69) is 5.92 Å². The first-order chi connectivity index (χ1) is 5.33. The molecule has 0 aliphatic heterocycles. The zero-order chi connectivity index (χ0) is 8.10. The summed E-state index contributed by atoms with van der Waals surface area (Å²) in [5, 5.41) is 0.652. The highest BCUT2D eigenvalue weighted by atomic mass is 35.5. The first-order valence-electron chi connectivity index (χ1n) is 3.15. The van der Waals surface area contributed by atoms with Gasteiger partial charge in [-0.2, -0.15) is 0 Å². The molecule has 0 atom stereocenters. The Balaban J connectivity index is 2.65. The number of hydrogen-bond acceptors (Lipinski definition) is 1. The molecule has 1 aromatic rings. The third-order valence-electron chi connectivity index (χ3n) is 1.12. The van der Waals surface area contributed by atoms with Gasteiger partial charge in [0.1, 0.15) is 12.4 Å². The average Bonchev–Trinajstić information content (AvgIpc) is 2.01. The molecule has 11 heavy (non-hydrogen) atoms. The van der Waals surface area contributed by atoms with Gasteiger partial charge in [0.2, 0.25) is 0 Å². The molecule has 1 nitrogen and oxygen atoms in total. The maximum Gasteiger partial charge on any atom is 0.148 e. The Bertz CT molecular complexity index is 275. The maximum atomic E-state index is 5.69. The molecule has 0 N–H and O–H groups in total. The van der Waals surface area contributed by atoms with Gasteiger partial charge in [0.25, 0.3) is 0 Å². The highest BCUT2D eigenvalue weighted by Gasteiger charge is 1.91. The predicted molar refractivity (Wildman–Crippen MR) is 45.8 cm³/mol. The van der Waals surface area contributed by atoms with Crippen LogP contribution in [0.5, 0.6) is 5.75 Å². The second-order valence-electron chi connectivity index (χ2n) is 1.95. The molecule has 2 heteroatoms. The SMILES string of the molecule is C#CCOc1cccc(Cl)c1. The minimum atomic E-state index is 0.278. The van der Waals surface area contributed by atoms with Crippen LogP contribution in [0.1, 0.15) is 0 Å². The number of hydrogen-bond donors (Lipinski definition) is 0. The summed E-state index contributed by atoms with van der Waals surface area (Å²) in [4.78, 5) is 0. The standard InChI is InChI=1S/C9H7ClO/c1-2-6-11-9-5-3-4-8(10)7-9/h1,3-5,7H,6H2. The normalized spacial score (nSPS) is 8.73. The number of ether oxygens (including phenoxy) is 1. The van der Waals surface area contributed by atoms with Crippen molar-refractivity contribution in [1.82, 2.24) is 0 Å². The van der Waals surface area contributed by atoms with E-state index < -0.39 is 0 Å². The summed E-state index contributed by atoms with van der Waals surface area (Å²) in [6.45, 7) is 0.278.